The van der Waals surface area contributed by atoms with Crippen molar-refractivity contribution in [3.05, 3.63) is 118 Å². The highest BCUT2D eigenvalue weighted by atomic mass is 16.1. The van der Waals surface area contributed by atoms with Crippen LogP contribution >= 0.6 is 0 Å². The van der Waals surface area contributed by atoms with Crippen LogP contribution in [0.1, 0.15) is 16.7 Å². The lowest BCUT2D eigenvalue weighted by atomic mass is 10.1. The quantitative estimate of drug-likeness (QED) is 0.504. The van der Waals surface area contributed by atoms with Gasteiger partial charge in [0.2, 0.25) is 0 Å². The number of hydrogen-bond acceptors (Lipinski definition) is 4. The molecule has 0 aliphatic rings. The smallest absolute Gasteiger partial charge is 0.258 e. The number of anilines is 1. The van der Waals surface area contributed by atoms with Gasteiger partial charge in [0.25, 0.3) is 5.56 Å². The molecule has 0 aliphatic carbocycles. The van der Waals surface area contributed by atoms with Gasteiger partial charge in [0.1, 0.15) is 5.65 Å². The number of benzene rings is 2. The summed E-state index contributed by atoms with van der Waals surface area (Å²) in [7, 11) is 0. The van der Waals surface area contributed by atoms with Crippen LogP contribution in [0.25, 0.3) is 5.65 Å². The molecule has 0 spiro atoms. The van der Waals surface area contributed by atoms with Crippen molar-refractivity contribution in [1.29, 1.82) is 0 Å². The van der Waals surface area contributed by atoms with Crippen molar-refractivity contribution in [2.75, 3.05) is 18.4 Å². The predicted octanol–water partition coefficient (Wildman–Crippen LogP) is 3.80. The average molecular weight is 411 g/mol. The van der Waals surface area contributed by atoms with E-state index in [0.29, 0.717) is 29.9 Å². The summed E-state index contributed by atoms with van der Waals surface area (Å²) >= 11 is 0. The SMILES string of the molecule is Cc1cccn2c(=O)cc(NCCc3ccccc3)c(=NCCc3ccccc3)nc12. The van der Waals surface area contributed by atoms with Crippen molar-refractivity contribution in [3.63, 3.8) is 0 Å². The summed E-state index contributed by atoms with van der Waals surface area (Å²) in [5.74, 6) is 0. The summed E-state index contributed by atoms with van der Waals surface area (Å²) < 4.78 is 1.58. The Morgan fingerprint density at radius 3 is 2.29 bits per heavy atom. The van der Waals surface area contributed by atoms with Crippen molar-refractivity contribution in [3.8, 4) is 0 Å². The largest absolute Gasteiger partial charge is 0.382 e. The zero-order valence-corrected chi connectivity index (χ0v) is 17.7. The Balaban J connectivity index is 1.68. The van der Waals surface area contributed by atoms with Crippen LogP contribution in [0.4, 0.5) is 5.69 Å². The average Bonchev–Trinajstić information content (AvgIpc) is 2.93. The molecule has 2 heterocycles. The Kier molecular flexibility index (Phi) is 6.53. The van der Waals surface area contributed by atoms with E-state index in [0.717, 1.165) is 18.4 Å². The number of aromatic nitrogens is 2. The molecule has 31 heavy (non-hydrogen) atoms. The van der Waals surface area contributed by atoms with Gasteiger partial charge in [0, 0.05) is 25.4 Å². The van der Waals surface area contributed by atoms with Gasteiger partial charge in [-0.25, -0.2) is 4.98 Å². The second-order valence-electron chi connectivity index (χ2n) is 7.50. The number of nitrogens with zero attached hydrogens (tertiary/aromatic N) is 3. The Bertz CT molecular complexity index is 1280. The molecule has 0 saturated heterocycles. The third-order valence-corrected chi connectivity index (χ3v) is 5.20. The van der Waals surface area contributed by atoms with Crippen molar-refractivity contribution in [2.24, 2.45) is 4.99 Å². The predicted molar refractivity (Wildman–Crippen MR) is 125 cm³/mol. The van der Waals surface area contributed by atoms with Crippen LogP contribution in [0.5, 0.6) is 0 Å². The van der Waals surface area contributed by atoms with Crippen LogP contribution < -0.4 is 16.4 Å². The molecule has 5 nitrogen and oxygen atoms in total. The minimum absolute atomic E-state index is 0.127. The molecule has 2 aromatic heterocycles. The first-order valence-corrected chi connectivity index (χ1v) is 10.6. The van der Waals surface area contributed by atoms with Gasteiger partial charge in [-0.3, -0.25) is 14.2 Å². The van der Waals surface area contributed by atoms with Gasteiger partial charge in [0.15, 0.2) is 5.49 Å². The standard InChI is InChI=1S/C26H26N4O/c1-20-9-8-18-30-24(31)19-23(27-16-14-21-10-4-2-5-11-21)25(29-26(20)30)28-17-15-22-12-6-3-7-13-22/h2-13,18-19,27H,14-17H2,1H3. The van der Waals surface area contributed by atoms with Gasteiger partial charge in [0.05, 0.1) is 5.69 Å². The highest BCUT2D eigenvalue weighted by Gasteiger charge is 2.05. The number of pyridine rings is 1. The van der Waals surface area contributed by atoms with Gasteiger partial charge in [-0.05, 0) is 42.5 Å². The molecule has 0 saturated carbocycles. The summed E-state index contributed by atoms with van der Waals surface area (Å²) in [4.78, 5) is 22.4. The molecular weight excluding hydrogens is 384 g/mol. The Morgan fingerprint density at radius 2 is 1.58 bits per heavy atom. The fourth-order valence-corrected chi connectivity index (χ4v) is 3.52. The zero-order valence-electron chi connectivity index (χ0n) is 17.7. The summed E-state index contributed by atoms with van der Waals surface area (Å²) in [5, 5.41) is 3.40. The van der Waals surface area contributed by atoms with Crippen LogP contribution in [-0.2, 0) is 12.8 Å². The van der Waals surface area contributed by atoms with Crippen LogP contribution in [-0.4, -0.2) is 22.5 Å². The fourth-order valence-electron chi connectivity index (χ4n) is 3.52. The highest BCUT2D eigenvalue weighted by Crippen LogP contribution is 2.05. The van der Waals surface area contributed by atoms with Crippen LogP contribution in [0.15, 0.2) is 94.8 Å². The van der Waals surface area contributed by atoms with E-state index in [2.05, 4.69) is 29.6 Å². The highest BCUT2D eigenvalue weighted by molar-refractivity contribution is 5.49. The van der Waals surface area contributed by atoms with Crippen LogP contribution in [0.3, 0.4) is 0 Å². The van der Waals surface area contributed by atoms with Crippen molar-refractivity contribution < 1.29 is 0 Å². The molecule has 0 atom stereocenters. The molecule has 2 aromatic carbocycles. The molecule has 0 bridgehead atoms. The number of nitrogens with one attached hydrogen (secondary N) is 1. The lowest BCUT2D eigenvalue weighted by Crippen LogP contribution is -2.17. The van der Waals surface area contributed by atoms with E-state index in [-0.39, 0.29) is 5.56 Å². The summed E-state index contributed by atoms with van der Waals surface area (Å²) in [5.41, 5.74) is 5.13. The number of aryl methyl sites for hydroxylation is 1. The number of rotatable bonds is 7. The minimum Gasteiger partial charge on any atom is -0.382 e. The lowest BCUT2D eigenvalue weighted by Gasteiger charge is -2.05. The molecule has 0 aliphatic heterocycles. The molecule has 156 valence electrons. The Hall–Kier alpha value is -3.73. The van der Waals surface area contributed by atoms with Gasteiger partial charge < -0.3 is 5.32 Å². The second kappa shape index (κ2) is 9.85. The molecular formula is C26H26N4O. The topological polar surface area (TPSA) is 58.8 Å². The molecule has 0 amide bonds. The Morgan fingerprint density at radius 1 is 0.903 bits per heavy atom. The number of fused-ring (bicyclic) bond motifs is 1. The normalized spacial score (nSPS) is 11.6. The monoisotopic (exact) mass is 410 g/mol. The first-order chi connectivity index (χ1) is 15.2. The van der Waals surface area contributed by atoms with Gasteiger partial charge in [-0.1, -0.05) is 66.7 Å². The lowest BCUT2D eigenvalue weighted by molar-refractivity contribution is 0.910. The first-order valence-electron chi connectivity index (χ1n) is 10.6. The molecule has 1 N–H and O–H groups in total. The number of hydrogen-bond donors (Lipinski definition) is 1. The van der Waals surface area contributed by atoms with Gasteiger partial charge >= 0.3 is 0 Å². The second-order valence-corrected chi connectivity index (χ2v) is 7.50. The first kappa shape index (κ1) is 20.5. The molecule has 0 radical (unpaired) electrons. The third kappa shape index (κ3) is 5.25. The van der Waals surface area contributed by atoms with E-state index >= 15 is 0 Å². The summed E-state index contributed by atoms with van der Waals surface area (Å²) in [6.07, 6.45) is 3.42. The Labute approximate surface area is 181 Å². The molecule has 4 rings (SSSR count). The van der Waals surface area contributed by atoms with Crippen molar-refractivity contribution in [1.82, 2.24) is 9.38 Å². The van der Waals surface area contributed by atoms with Crippen LogP contribution in [0, 0.1) is 6.92 Å². The van der Waals surface area contributed by atoms with Gasteiger partial charge in [-0.2, -0.15) is 0 Å². The van der Waals surface area contributed by atoms with E-state index in [9.17, 15) is 4.79 Å². The van der Waals surface area contributed by atoms with E-state index in [1.807, 2.05) is 55.5 Å². The third-order valence-electron chi connectivity index (χ3n) is 5.20. The summed E-state index contributed by atoms with van der Waals surface area (Å²) in [6.45, 7) is 3.25. The van der Waals surface area contributed by atoms with E-state index < -0.39 is 0 Å². The van der Waals surface area contributed by atoms with Crippen LogP contribution in [0.2, 0.25) is 0 Å². The molecule has 0 unspecified atom stereocenters. The maximum atomic E-state index is 12.9. The fraction of sp³-hybridized carbons (Fsp3) is 0.192. The van der Waals surface area contributed by atoms with Crippen molar-refractivity contribution in [2.45, 2.75) is 19.8 Å². The minimum atomic E-state index is -0.127. The van der Waals surface area contributed by atoms with E-state index in [4.69, 9.17) is 9.98 Å². The molecule has 4 aromatic rings. The van der Waals surface area contributed by atoms with Gasteiger partial charge in [-0.15, -0.1) is 0 Å². The van der Waals surface area contributed by atoms with E-state index in [1.54, 1.807) is 16.7 Å². The molecule has 0 fully saturated rings. The summed E-state index contributed by atoms with van der Waals surface area (Å²) in [6, 6.07) is 26.0. The maximum Gasteiger partial charge on any atom is 0.258 e. The van der Waals surface area contributed by atoms with Crippen molar-refractivity contribution >= 4 is 11.3 Å². The zero-order chi connectivity index (χ0) is 21.5. The maximum absolute atomic E-state index is 12.9. The van der Waals surface area contributed by atoms with E-state index in [1.165, 1.54) is 11.1 Å². The molecule has 5 heteroatoms.